The molecule has 172 valence electrons. The SMILES string of the molecule is CN=C(NCCOc1ccc(C(C)C)cc1)NCc1cc(F)ccc1CS(C)(=O)=O.I. The Hall–Kier alpha value is -1.88. The fourth-order valence-electron chi connectivity index (χ4n) is 2.87. The first kappa shape index (κ1) is 27.2. The highest BCUT2D eigenvalue weighted by atomic mass is 127. The summed E-state index contributed by atoms with van der Waals surface area (Å²) in [6, 6.07) is 12.1. The van der Waals surface area contributed by atoms with Crippen molar-refractivity contribution in [3.05, 3.63) is 65.0 Å². The van der Waals surface area contributed by atoms with Crippen molar-refractivity contribution in [3.8, 4) is 5.75 Å². The van der Waals surface area contributed by atoms with Crippen LogP contribution in [0.25, 0.3) is 0 Å². The van der Waals surface area contributed by atoms with Crippen molar-refractivity contribution >= 4 is 39.8 Å². The highest BCUT2D eigenvalue weighted by Gasteiger charge is 2.11. The van der Waals surface area contributed by atoms with Crippen molar-refractivity contribution in [1.29, 1.82) is 0 Å². The molecule has 0 unspecified atom stereocenters. The van der Waals surface area contributed by atoms with E-state index >= 15 is 0 Å². The van der Waals surface area contributed by atoms with Gasteiger partial charge in [0.1, 0.15) is 18.2 Å². The minimum atomic E-state index is -3.22. The van der Waals surface area contributed by atoms with Crippen molar-refractivity contribution in [3.63, 3.8) is 0 Å². The van der Waals surface area contributed by atoms with Gasteiger partial charge < -0.3 is 15.4 Å². The second-order valence-electron chi connectivity index (χ2n) is 7.41. The maximum Gasteiger partial charge on any atom is 0.191 e. The predicted molar refractivity (Wildman–Crippen MR) is 135 cm³/mol. The van der Waals surface area contributed by atoms with Gasteiger partial charge in [-0.1, -0.05) is 32.0 Å². The van der Waals surface area contributed by atoms with E-state index in [1.54, 1.807) is 7.05 Å². The Morgan fingerprint density at radius 3 is 2.35 bits per heavy atom. The molecule has 2 aromatic carbocycles. The number of hydrogen-bond donors (Lipinski definition) is 2. The number of ether oxygens (including phenoxy) is 1. The highest BCUT2D eigenvalue weighted by Crippen LogP contribution is 2.18. The van der Waals surface area contributed by atoms with Gasteiger partial charge in [0, 0.05) is 19.8 Å². The van der Waals surface area contributed by atoms with Crippen molar-refractivity contribution in [2.45, 2.75) is 32.1 Å². The number of benzene rings is 2. The molecule has 0 spiro atoms. The summed E-state index contributed by atoms with van der Waals surface area (Å²) in [6.45, 7) is 5.50. The van der Waals surface area contributed by atoms with Crippen molar-refractivity contribution in [2.24, 2.45) is 4.99 Å². The van der Waals surface area contributed by atoms with Crippen LogP contribution in [0.4, 0.5) is 4.39 Å². The first-order chi connectivity index (χ1) is 14.2. The molecular weight excluding hydrogens is 532 g/mol. The lowest BCUT2D eigenvalue weighted by molar-refractivity contribution is 0.322. The molecular formula is C22H31FIN3O3S. The zero-order valence-electron chi connectivity index (χ0n) is 18.3. The Morgan fingerprint density at radius 2 is 1.77 bits per heavy atom. The molecule has 0 atom stereocenters. The molecule has 0 saturated carbocycles. The van der Waals surface area contributed by atoms with Gasteiger partial charge in [-0.25, -0.2) is 12.8 Å². The van der Waals surface area contributed by atoms with Crippen molar-refractivity contribution < 1.29 is 17.5 Å². The smallest absolute Gasteiger partial charge is 0.191 e. The zero-order valence-corrected chi connectivity index (χ0v) is 21.5. The van der Waals surface area contributed by atoms with E-state index in [0.717, 1.165) is 12.0 Å². The fourth-order valence-corrected chi connectivity index (χ4v) is 3.72. The highest BCUT2D eigenvalue weighted by molar-refractivity contribution is 14.0. The van der Waals surface area contributed by atoms with Gasteiger partial charge in [0.05, 0.1) is 12.3 Å². The summed E-state index contributed by atoms with van der Waals surface area (Å²) >= 11 is 0. The van der Waals surface area contributed by atoms with E-state index in [1.807, 2.05) is 12.1 Å². The van der Waals surface area contributed by atoms with Gasteiger partial charge in [0.2, 0.25) is 0 Å². The van der Waals surface area contributed by atoms with Gasteiger partial charge in [-0.3, -0.25) is 4.99 Å². The number of halogens is 2. The first-order valence-corrected chi connectivity index (χ1v) is 11.9. The molecule has 31 heavy (non-hydrogen) atoms. The molecule has 0 aliphatic rings. The number of nitrogens with zero attached hydrogens (tertiary/aromatic N) is 1. The summed E-state index contributed by atoms with van der Waals surface area (Å²) in [4.78, 5) is 4.13. The van der Waals surface area contributed by atoms with Gasteiger partial charge in [-0.2, -0.15) is 0 Å². The lowest BCUT2D eigenvalue weighted by Gasteiger charge is -2.15. The second kappa shape index (κ2) is 12.8. The number of nitrogens with one attached hydrogen (secondary N) is 2. The van der Waals surface area contributed by atoms with Crippen LogP contribution < -0.4 is 15.4 Å². The van der Waals surface area contributed by atoms with Crippen LogP contribution in [0.5, 0.6) is 5.75 Å². The molecule has 0 amide bonds. The molecule has 0 aromatic heterocycles. The molecule has 0 aliphatic carbocycles. The van der Waals surface area contributed by atoms with E-state index in [-0.39, 0.29) is 36.3 Å². The van der Waals surface area contributed by atoms with Gasteiger partial charge in [0.25, 0.3) is 0 Å². The van der Waals surface area contributed by atoms with E-state index in [2.05, 4.69) is 41.6 Å². The molecule has 2 rings (SSSR count). The Bertz CT molecular complexity index is 964. The average molecular weight is 563 g/mol. The first-order valence-electron chi connectivity index (χ1n) is 9.80. The topological polar surface area (TPSA) is 79.8 Å². The summed E-state index contributed by atoms with van der Waals surface area (Å²) in [7, 11) is -1.59. The van der Waals surface area contributed by atoms with E-state index in [9.17, 15) is 12.8 Å². The van der Waals surface area contributed by atoms with Crippen LogP contribution in [0.1, 0.15) is 36.5 Å². The number of guanidine groups is 1. The number of aliphatic imine (C=N–C) groups is 1. The molecule has 2 N–H and O–H groups in total. The molecule has 0 radical (unpaired) electrons. The summed E-state index contributed by atoms with van der Waals surface area (Å²) in [5, 5.41) is 6.20. The number of hydrogen-bond acceptors (Lipinski definition) is 4. The van der Waals surface area contributed by atoms with Crippen LogP contribution in [0.2, 0.25) is 0 Å². The standard InChI is InChI=1S/C22H30FN3O3S.HI/c1-16(2)17-6-9-21(10-7-17)29-12-11-25-22(24-3)26-14-19-13-20(23)8-5-18(19)15-30(4,27)28;/h5-10,13,16H,11-12,14-15H2,1-4H3,(H2,24,25,26);1H. The maximum atomic E-state index is 13.6. The lowest BCUT2D eigenvalue weighted by Crippen LogP contribution is -2.39. The van der Waals surface area contributed by atoms with Crippen LogP contribution in [0.15, 0.2) is 47.5 Å². The summed E-state index contributed by atoms with van der Waals surface area (Å²) < 4.78 is 42.6. The van der Waals surface area contributed by atoms with Crippen LogP contribution in [0, 0.1) is 5.82 Å². The van der Waals surface area contributed by atoms with Gasteiger partial charge in [-0.15, -0.1) is 24.0 Å². The normalized spacial score (nSPS) is 11.7. The third kappa shape index (κ3) is 9.86. The third-order valence-corrected chi connectivity index (χ3v) is 5.30. The number of rotatable bonds is 9. The molecule has 2 aromatic rings. The van der Waals surface area contributed by atoms with Gasteiger partial charge in [-0.05, 0) is 46.9 Å². The van der Waals surface area contributed by atoms with E-state index < -0.39 is 15.7 Å². The summed E-state index contributed by atoms with van der Waals surface area (Å²) in [5.41, 5.74) is 2.40. The van der Waals surface area contributed by atoms with Crippen LogP contribution in [0.3, 0.4) is 0 Å². The van der Waals surface area contributed by atoms with Crippen molar-refractivity contribution in [1.82, 2.24) is 10.6 Å². The second-order valence-corrected chi connectivity index (χ2v) is 9.55. The Kier molecular flexibility index (Phi) is 11.3. The zero-order chi connectivity index (χ0) is 22.1. The van der Waals surface area contributed by atoms with Crippen LogP contribution >= 0.6 is 24.0 Å². The maximum absolute atomic E-state index is 13.6. The molecule has 0 saturated heterocycles. The minimum absolute atomic E-state index is 0. The molecule has 6 nitrogen and oxygen atoms in total. The Morgan fingerprint density at radius 1 is 1.10 bits per heavy atom. The fraction of sp³-hybridized carbons (Fsp3) is 0.409. The quantitative estimate of drug-likeness (QED) is 0.210. The minimum Gasteiger partial charge on any atom is -0.492 e. The lowest BCUT2D eigenvalue weighted by atomic mass is 10.0. The third-order valence-electron chi connectivity index (χ3n) is 4.47. The Balaban J connectivity index is 0.00000480. The van der Waals surface area contributed by atoms with E-state index in [0.29, 0.717) is 36.2 Å². The average Bonchev–Trinajstić information content (AvgIpc) is 2.68. The van der Waals surface area contributed by atoms with Gasteiger partial charge in [0.15, 0.2) is 15.8 Å². The largest absolute Gasteiger partial charge is 0.492 e. The molecule has 0 bridgehead atoms. The number of sulfone groups is 1. The van der Waals surface area contributed by atoms with Crippen molar-refractivity contribution in [2.75, 3.05) is 26.5 Å². The Labute approximate surface area is 201 Å². The van der Waals surface area contributed by atoms with Crippen LogP contribution in [-0.2, 0) is 22.1 Å². The van der Waals surface area contributed by atoms with Gasteiger partial charge >= 0.3 is 0 Å². The summed E-state index contributed by atoms with van der Waals surface area (Å²) in [5.74, 6) is 1.24. The van der Waals surface area contributed by atoms with E-state index in [4.69, 9.17) is 4.74 Å². The molecule has 0 aliphatic heterocycles. The summed E-state index contributed by atoms with van der Waals surface area (Å²) in [6.07, 6.45) is 1.16. The molecule has 0 heterocycles. The van der Waals surface area contributed by atoms with Crippen LogP contribution in [-0.4, -0.2) is 40.8 Å². The molecule has 0 fully saturated rings. The predicted octanol–water partition coefficient (Wildman–Crippen LogP) is 3.86. The monoisotopic (exact) mass is 563 g/mol. The molecule has 9 heteroatoms. The van der Waals surface area contributed by atoms with E-state index in [1.165, 1.54) is 23.8 Å².